The smallest absolute Gasteiger partial charge is 0.221 e. The predicted molar refractivity (Wildman–Crippen MR) is 90.4 cm³/mol. The van der Waals surface area contributed by atoms with Gasteiger partial charge in [-0.15, -0.1) is 0 Å². The van der Waals surface area contributed by atoms with E-state index in [1.54, 1.807) is 28.6 Å². The van der Waals surface area contributed by atoms with Gasteiger partial charge in [-0.2, -0.15) is 4.31 Å². The number of nitrogens with zero attached hydrogens (tertiary/aromatic N) is 1. The average molecular weight is 331 g/mol. The van der Waals surface area contributed by atoms with Crippen molar-refractivity contribution in [2.24, 2.45) is 0 Å². The van der Waals surface area contributed by atoms with Gasteiger partial charge in [-0.25, -0.2) is 8.42 Å². The van der Waals surface area contributed by atoms with Crippen LogP contribution in [0.3, 0.4) is 0 Å². The lowest BCUT2D eigenvalue weighted by Crippen LogP contribution is -2.44. The Bertz CT molecular complexity index is 757. The van der Waals surface area contributed by atoms with E-state index in [4.69, 9.17) is 0 Å². The summed E-state index contributed by atoms with van der Waals surface area (Å²) in [5.41, 5.74) is 1.74. The van der Waals surface area contributed by atoms with Crippen molar-refractivity contribution in [3.05, 3.63) is 65.7 Å². The molecule has 2 aromatic carbocycles. The first-order valence-corrected chi connectivity index (χ1v) is 9.32. The highest BCUT2D eigenvalue weighted by atomic mass is 32.2. The molecule has 1 heterocycles. The van der Waals surface area contributed by atoms with Gasteiger partial charge in [0.05, 0.1) is 0 Å². The highest BCUT2D eigenvalue weighted by Crippen LogP contribution is 2.38. The summed E-state index contributed by atoms with van der Waals surface area (Å²) >= 11 is 0. The van der Waals surface area contributed by atoms with Crippen LogP contribution in [0.2, 0.25) is 0 Å². The molecule has 2 atom stereocenters. The number of rotatable bonds is 3. The molecule has 0 bridgehead atoms. The van der Waals surface area contributed by atoms with Crippen LogP contribution in [0.25, 0.3) is 0 Å². The number of aromatic hydroxyl groups is 1. The molecule has 0 spiro atoms. The van der Waals surface area contributed by atoms with Crippen molar-refractivity contribution in [2.45, 2.75) is 37.6 Å². The molecule has 1 aliphatic rings. The Labute approximate surface area is 137 Å². The van der Waals surface area contributed by atoms with Gasteiger partial charge in [-0.1, -0.05) is 42.5 Å². The summed E-state index contributed by atoms with van der Waals surface area (Å²) in [7, 11) is -3.40. The monoisotopic (exact) mass is 331 g/mol. The lowest BCUT2D eigenvalue weighted by atomic mass is 10.0. The Morgan fingerprint density at radius 3 is 2.35 bits per heavy atom. The molecule has 0 aliphatic carbocycles. The number of phenols is 1. The lowest BCUT2D eigenvalue weighted by Gasteiger charge is -2.37. The first kappa shape index (κ1) is 16.0. The molecule has 0 saturated carbocycles. The summed E-state index contributed by atoms with van der Waals surface area (Å²) < 4.78 is 27.7. The number of benzene rings is 2. The van der Waals surface area contributed by atoms with E-state index < -0.39 is 15.3 Å². The van der Waals surface area contributed by atoms with Crippen LogP contribution in [0.5, 0.6) is 5.75 Å². The van der Waals surface area contributed by atoms with Gasteiger partial charge in [-0.05, 0) is 43.0 Å². The van der Waals surface area contributed by atoms with E-state index in [1.165, 1.54) is 0 Å². The van der Waals surface area contributed by atoms with E-state index in [1.807, 2.05) is 37.3 Å². The molecule has 23 heavy (non-hydrogen) atoms. The number of sulfonamides is 1. The van der Waals surface area contributed by atoms with Crippen molar-refractivity contribution >= 4 is 10.0 Å². The molecule has 2 aromatic rings. The summed E-state index contributed by atoms with van der Waals surface area (Å²) in [6.07, 6.45) is 1.50. The summed E-state index contributed by atoms with van der Waals surface area (Å²) in [6.45, 7) is 2.30. The fourth-order valence-corrected chi connectivity index (χ4v) is 5.33. The molecule has 3 rings (SSSR count). The topological polar surface area (TPSA) is 57.6 Å². The van der Waals surface area contributed by atoms with Crippen molar-refractivity contribution in [2.75, 3.05) is 0 Å². The van der Waals surface area contributed by atoms with Crippen LogP contribution < -0.4 is 0 Å². The van der Waals surface area contributed by atoms with Crippen LogP contribution in [-0.4, -0.2) is 23.9 Å². The Hall–Kier alpha value is -1.85. The van der Waals surface area contributed by atoms with Gasteiger partial charge in [0.2, 0.25) is 10.0 Å². The van der Waals surface area contributed by atoms with Gasteiger partial charge in [0.1, 0.15) is 11.0 Å². The van der Waals surface area contributed by atoms with Crippen LogP contribution in [0.1, 0.15) is 36.1 Å². The zero-order valence-electron chi connectivity index (χ0n) is 13.1. The molecule has 1 N–H and O–H groups in total. The largest absolute Gasteiger partial charge is 0.508 e. The van der Waals surface area contributed by atoms with Crippen molar-refractivity contribution < 1.29 is 13.5 Å². The minimum absolute atomic E-state index is 0.0197. The Kier molecular flexibility index (Phi) is 4.41. The second-order valence-corrected chi connectivity index (χ2v) is 8.15. The Morgan fingerprint density at radius 1 is 1.04 bits per heavy atom. The summed E-state index contributed by atoms with van der Waals surface area (Å²) in [6, 6.07) is 16.1. The maximum atomic E-state index is 13.1. The van der Waals surface area contributed by atoms with Crippen LogP contribution in [-0.2, 0) is 16.6 Å². The Balaban J connectivity index is 1.90. The van der Waals surface area contributed by atoms with Gasteiger partial charge in [0.25, 0.3) is 0 Å². The zero-order chi connectivity index (χ0) is 16.4. The minimum Gasteiger partial charge on any atom is -0.508 e. The highest BCUT2D eigenvalue weighted by Gasteiger charge is 2.40. The average Bonchev–Trinajstić information content (AvgIpc) is 2.54. The second-order valence-electron chi connectivity index (χ2n) is 6.08. The fourth-order valence-electron chi connectivity index (χ4n) is 3.13. The Morgan fingerprint density at radius 2 is 1.70 bits per heavy atom. The molecule has 122 valence electrons. The molecule has 0 aromatic heterocycles. The third kappa shape index (κ3) is 3.26. The fraction of sp³-hybridized carbons (Fsp3) is 0.333. The van der Waals surface area contributed by atoms with E-state index >= 15 is 0 Å². The summed E-state index contributed by atoms with van der Waals surface area (Å²) in [5.74, 6) is 0.186. The third-order valence-corrected chi connectivity index (χ3v) is 6.84. The van der Waals surface area contributed by atoms with E-state index in [9.17, 15) is 13.5 Å². The molecule has 5 heteroatoms. The quantitative estimate of drug-likeness (QED) is 0.937. The molecule has 4 nitrogen and oxygen atoms in total. The standard InChI is InChI=1S/C18H21NO3S/c1-14-7-12-18(16-5-3-2-4-6-16)23(21,22)19(14)13-15-8-10-17(20)11-9-15/h2-6,8-11,14,18,20H,7,12-13H2,1H3/t14-,18?/m0/s1. The molecule has 1 aliphatic heterocycles. The van der Waals surface area contributed by atoms with Gasteiger partial charge >= 0.3 is 0 Å². The van der Waals surface area contributed by atoms with Crippen molar-refractivity contribution in [3.63, 3.8) is 0 Å². The maximum Gasteiger partial charge on any atom is 0.221 e. The van der Waals surface area contributed by atoms with Gasteiger partial charge < -0.3 is 5.11 Å². The third-order valence-electron chi connectivity index (χ3n) is 4.47. The molecule has 1 saturated heterocycles. The van der Waals surface area contributed by atoms with E-state index in [-0.39, 0.29) is 11.8 Å². The van der Waals surface area contributed by atoms with E-state index in [2.05, 4.69) is 0 Å². The van der Waals surface area contributed by atoms with Gasteiger partial charge in [-0.3, -0.25) is 0 Å². The molecule has 1 fully saturated rings. The van der Waals surface area contributed by atoms with Crippen molar-refractivity contribution in [3.8, 4) is 5.75 Å². The SMILES string of the molecule is C[C@H]1CCC(c2ccccc2)S(=O)(=O)N1Cc1ccc(O)cc1. The zero-order valence-corrected chi connectivity index (χ0v) is 13.9. The van der Waals surface area contributed by atoms with E-state index in [0.29, 0.717) is 13.0 Å². The molecular weight excluding hydrogens is 310 g/mol. The van der Waals surface area contributed by atoms with Gasteiger partial charge in [0.15, 0.2) is 0 Å². The summed E-state index contributed by atoms with van der Waals surface area (Å²) in [5, 5.41) is 8.90. The number of hydrogen-bond donors (Lipinski definition) is 1. The van der Waals surface area contributed by atoms with Gasteiger partial charge in [0, 0.05) is 12.6 Å². The maximum absolute atomic E-state index is 13.1. The lowest BCUT2D eigenvalue weighted by molar-refractivity contribution is 0.282. The highest BCUT2D eigenvalue weighted by molar-refractivity contribution is 7.89. The normalized spacial score (nSPS) is 24.4. The molecule has 0 amide bonds. The first-order valence-electron chi connectivity index (χ1n) is 7.82. The first-order chi connectivity index (χ1) is 11.0. The minimum atomic E-state index is -3.40. The van der Waals surface area contributed by atoms with Crippen molar-refractivity contribution in [1.29, 1.82) is 0 Å². The van der Waals surface area contributed by atoms with Crippen molar-refractivity contribution in [1.82, 2.24) is 4.31 Å². The molecule has 0 radical (unpaired) electrons. The predicted octanol–water partition coefficient (Wildman–Crippen LogP) is 3.45. The van der Waals surface area contributed by atoms with Crippen LogP contribution in [0.4, 0.5) is 0 Å². The van der Waals surface area contributed by atoms with Crippen LogP contribution >= 0.6 is 0 Å². The number of phenolic OH excluding ortho intramolecular Hbond substituents is 1. The molecule has 1 unspecified atom stereocenters. The summed E-state index contributed by atoms with van der Waals surface area (Å²) in [4.78, 5) is 0. The van der Waals surface area contributed by atoms with E-state index in [0.717, 1.165) is 17.5 Å². The second kappa shape index (κ2) is 6.34. The van der Waals surface area contributed by atoms with Crippen LogP contribution in [0.15, 0.2) is 54.6 Å². The van der Waals surface area contributed by atoms with Crippen LogP contribution in [0, 0.1) is 0 Å². The number of hydrogen-bond acceptors (Lipinski definition) is 3. The molecular formula is C18H21NO3S.